The van der Waals surface area contributed by atoms with Crippen molar-refractivity contribution in [3.8, 4) is 11.8 Å². The van der Waals surface area contributed by atoms with E-state index in [9.17, 15) is 0 Å². The predicted octanol–water partition coefficient (Wildman–Crippen LogP) is 5.32. The van der Waals surface area contributed by atoms with Gasteiger partial charge in [-0.3, -0.25) is 4.90 Å². The van der Waals surface area contributed by atoms with Crippen LogP contribution in [-0.4, -0.2) is 24.5 Å². The van der Waals surface area contributed by atoms with Gasteiger partial charge in [0.25, 0.3) is 0 Å². The number of hydrogen-bond donors (Lipinski definition) is 0. The lowest BCUT2D eigenvalue weighted by Gasteiger charge is -2.17. The molecule has 0 spiro atoms. The normalized spacial score (nSPS) is 11.8. The topological polar surface area (TPSA) is 3.24 Å². The molecule has 0 fully saturated rings. The number of halogens is 1. The van der Waals surface area contributed by atoms with Crippen molar-refractivity contribution in [2.24, 2.45) is 0 Å². The summed E-state index contributed by atoms with van der Waals surface area (Å²) in [6.07, 6.45) is 0.841. The molecular formula is C21H24BrN. The molecule has 23 heavy (non-hydrogen) atoms. The molecule has 0 saturated heterocycles. The molecule has 2 heteroatoms. The standard InChI is InChI=1S/C21H24BrN/c1-3-23(4-2)17-11-10-14-19(18-12-6-5-7-13-18)20-15-8-9-16-21(20)22/h5-9,12-13,15-16,19H,3-4,14,17H2,1-2H3/t19-/m1/s1. The molecule has 2 aromatic rings. The highest BCUT2D eigenvalue weighted by atomic mass is 79.9. The molecule has 0 unspecified atom stereocenters. The zero-order chi connectivity index (χ0) is 16.5. The summed E-state index contributed by atoms with van der Waals surface area (Å²) in [6, 6.07) is 19.1. The van der Waals surface area contributed by atoms with E-state index in [-0.39, 0.29) is 0 Å². The van der Waals surface area contributed by atoms with E-state index in [1.807, 2.05) is 0 Å². The van der Waals surface area contributed by atoms with Crippen molar-refractivity contribution < 1.29 is 0 Å². The van der Waals surface area contributed by atoms with Gasteiger partial charge in [-0.15, -0.1) is 5.92 Å². The average Bonchev–Trinajstić information content (AvgIpc) is 2.60. The van der Waals surface area contributed by atoms with Crippen LogP contribution < -0.4 is 0 Å². The summed E-state index contributed by atoms with van der Waals surface area (Å²) in [6.45, 7) is 7.32. The van der Waals surface area contributed by atoms with E-state index in [0.29, 0.717) is 5.92 Å². The molecule has 2 rings (SSSR count). The van der Waals surface area contributed by atoms with Gasteiger partial charge in [0, 0.05) is 16.8 Å². The zero-order valence-corrected chi connectivity index (χ0v) is 15.5. The Morgan fingerprint density at radius 2 is 1.57 bits per heavy atom. The Hall–Kier alpha value is -1.56. The quantitative estimate of drug-likeness (QED) is 0.623. The summed E-state index contributed by atoms with van der Waals surface area (Å²) < 4.78 is 1.15. The number of rotatable bonds is 6. The third-order valence-corrected chi connectivity index (χ3v) is 4.83. The van der Waals surface area contributed by atoms with Crippen LogP contribution in [0, 0.1) is 11.8 Å². The number of nitrogens with zero attached hydrogens (tertiary/aromatic N) is 1. The first kappa shape index (κ1) is 17.8. The smallest absolute Gasteiger partial charge is 0.0601 e. The Morgan fingerprint density at radius 3 is 2.22 bits per heavy atom. The van der Waals surface area contributed by atoms with Crippen molar-refractivity contribution in [3.63, 3.8) is 0 Å². The molecule has 0 saturated carbocycles. The van der Waals surface area contributed by atoms with E-state index in [0.717, 1.165) is 30.5 Å². The lowest BCUT2D eigenvalue weighted by atomic mass is 9.89. The van der Waals surface area contributed by atoms with Gasteiger partial charge in [0.05, 0.1) is 6.54 Å². The maximum absolute atomic E-state index is 3.69. The van der Waals surface area contributed by atoms with E-state index in [4.69, 9.17) is 0 Å². The fraction of sp³-hybridized carbons (Fsp3) is 0.333. The van der Waals surface area contributed by atoms with Gasteiger partial charge in [-0.1, -0.05) is 84.2 Å². The van der Waals surface area contributed by atoms with Gasteiger partial charge >= 0.3 is 0 Å². The maximum atomic E-state index is 3.69. The molecule has 0 aliphatic carbocycles. The molecule has 1 nitrogen and oxygen atoms in total. The van der Waals surface area contributed by atoms with Crippen LogP contribution in [0.1, 0.15) is 37.3 Å². The average molecular weight is 370 g/mol. The first-order valence-electron chi connectivity index (χ1n) is 8.23. The van der Waals surface area contributed by atoms with E-state index in [1.165, 1.54) is 11.1 Å². The minimum Gasteiger partial charge on any atom is -0.293 e. The second kappa shape index (κ2) is 9.55. The maximum Gasteiger partial charge on any atom is 0.0601 e. The van der Waals surface area contributed by atoms with Crippen LogP contribution in [0.4, 0.5) is 0 Å². The fourth-order valence-electron chi connectivity index (χ4n) is 2.64. The van der Waals surface area contributed by atoms with Crippen molar-refractivity contribution in [2.75, 3.05) is 19.6 Å². The first-order valence-corrected chi connectivity index (χ1v) is 9.03. The van der Waals surface area contributed by atoms with Gasteiger partial charge in [0.2, 0.25) is 0 Å². The minimum atomic E-state index is 0.302. The monoisotopic (exact) mass is 369 g/mol. The summed E-state index contributed by atoms with van der Waals surface area (Å²) in [7, 11) is 0. The third kappa shape index (κ3) is 5.23. The van der Waals surface area contributed by atoms with Crippen LogP contribution in [0.2, 0.25) is 0 Å². The summed E-state index contributed by atoms with van der Waals surface area (Å²) >= 11 is 3.69. The Kier molecular flexibility index (Phi) is 7.39. The highest BCUT2D eigenvalue weighted by molar-refractivity contribution is 9.10. The van der Waals surface area contributed by atoms with Gasteiger partial charge < -0.3 is 0 Å². The SMILES string of the molecule is CCN(CC)CC#CC[C@H](c1ccccc1)c1ccccc1Br. The first-order chi connectivity index (χ1) is 11.3. The molecule has 1 atom stereocenters. The Morgan fingerprint density at radius 1 is 0.913 bits per heavy atom. The molecular weight excluding hydrogens is 346 g/mol. The van der Waals surface area contributed by atoms with Crippen LogP contribution >= 0.6 is 15.9 Å². The van der Waals surface area contributed by atoms with Crippen molar-refractivity contribution in [2.45, 2.75) is 26.2 Å². The molecule has 0 aliphatic rings. The number of hydrogen-bond acceptors (Lipinski definition) is 1. The Bertz CT molecular complexity index is 650. The highest BCUT2D eigenvalue weighted by Gasteiger charge is 2.15. The number of benzene rings is 2. The van der Waals surface area contributed by atoms with Crippen molar-refractivity contribution in [1.82, 2.24) is 4.90 Å². The summed E-state index contributed by atoms with van der Waals surface area (Å²) in [4.78, 5) is 2.34. The van der Waals surface area contributed by atoms with Gasteiger partial charge in [-0.25, -0.2) is 0 Å². The molecule has 0 radical (unpaired) electrons. The molecule has 120 valence electrons. The molecule has 2 aromatic carbocycles. The van der Waals surface area contributed by atoms with E-state index in [1.54, 1.807) is 0 Å². The van der Waals surface area contributed by atoms with Crippen LogP contribution in [0.5, 0.6) is 0 Å². The lowest BCUT2D eigenvalue weighted by molar-refractivity contribution is 0.342. The van der Waals surface area contributed by atoms with Gasteiger partial charge in [-0.2, -0.15) is 0 Å². The Balaban J connectivity index is 2.19. The highest BCUT2D eigenvalue weighted by Crippen LogP contribution is 2.32. The minimum absolute atomic E-state index is 0.302. The van der Waals surface area contributed by atoms with Crippen molar-refractivity contribution in [3.05, 3.63) is 70.2 Å². The zero-order valence-electron chi connectivity index (χ0n) is 13.9. The largest absolute Gasteiger partial charge is 0.293 e. The van der Waals surface area contributed by atoms with Gasteiger partial charge in [0.1, 0.15) is 0 Å². The molecule has 0 heterocycles. The summed E-state index contributed by atoms with van der Waals surface area (Å²) in [5.41, 5.74) is 2.62. The molecule has 0 amide bonds. The van der Waals surface area contributed by atoms with Crippen LogP contribution in [0.15, 0.2) is 59.1 Å². The second-order valence-electron chi connectivity index (χ2n) is 5.50. The summed E-state index contributed by atoms with van der Waals surface area (Å²) in [5, 5.41) is 0. The third-order valence-electron chi connectivity index (χ3n) is 4.11. The van der Waals surface area contributed by atoms with Crippen LogP contribution in [0.25, 0.3) is 0 Å². The molecule has 0 N–H and O–H groups in total. The molecule has 0 bridgehead atoms. The van der Waals surface area contributed by atoms with E-state index < -0.39 is 0 Å². The Labute approximate surface area is 148 Å². The van der Waals surface area contributed by atoms with Gasteiger partial charge in [0.15, 0.2) is 0 Å². The van der Waals surface area contributed by atoms with Crippen molar-refractivity contribution >= 4 is 15.9 Å². The van der Waals surface area contributed by atoms with E-state index in [2.05, 4.69) is 101 Å². The van der Waals surface area contributed by atoms with Crippen molar-refractivity contribution in [1.29, 1.82) is 0 Å². The predicted molar refractivity (Wildman–Crippen MR) is 103 cm³/mol. The van der Waals surface area contributed by atoms with E-state index >= 15 is 0 Å². The van der Waals surface area contributed by atoms with Gasteiger partial charge in [-0.05, 0) is 30.3 Å². The second-order valence-corrected chi connectivity index (χ2v) is 6.36. The molecule has 0 aliphatic heterocycles. The molecule has 0 aromatic heterocycles. The van der Waals surface area contributed by atoms with Crippen LogP contribution in [-0.2, 0) is 0 Å². The summed E-state index contributed by atoms with van der Waals surface area (Å²) in [5.74, 6) is 7.04. The fourth-order valence-corrected chi connectivity index (χ4v) is 3.20. The van der Waals surface area contributed by atoms with Crippen LogP contribution in [0.3, 0.4) is 0 Å². The lowest BCUT2D eigenvalue weighted by Crippen LogP contribution is -2.22.